The van der Waals surface area contributed by atoms with E-state index in [4.69, 9.17) is 9.47 Å². The molecule has 3 heterocycles. The third-order valence-corrected chi connectivity index (χ3v) is 5.48. The van der Waals surface area contributed by atoms with E-state index >= 15 is 0 Å². The van der Waals surface area contributed by atoms with Crippen molar-refractivity contribution in [1.82, 2.24) is 20.0 Å². The van der Waals surface area contributed by atoms with Gasteiger partial charge in [0.1, 0.15) is 5.60 Å². The lowest BCUT2D eigenvalue weighted by molar-refractivity contribution is -0.121. The number of carbonyl (C=O) groups is 1. The maximum absolute atomic E-state index is 11.2. The second-order valence-corrected chi connectivity index (χ2v) is 7.74. The van der Waals surface area contributed by atoms with Crippen molar-refractivity contribution >= 4 is 5.91 Å². The number of rotatable bonds is 5. The van der Waals surface area contributed by atoms with Crippen molar-refractivity contribution < 1.29 is 14.3 Å². The molecule has 28 heavy (non-hydrogen) atoms. The molecule has 1 amide bonds. The standard InChI is InChI=1S/C21H28N4O3/c1-17(26)22-13-19-7-8-21(28-19)15-24(11-12-27-16-21)14-18-5-2-3-6-20(18)25-10-4-9-23-25/h2-6,9-10,19H,7-8,11-16H2,1H3,(H,22,26)/t19-,21-/m0/s1. The Hall–Kier alpha value is -2.22. The molecular weight excluding hydrogens is 356 g/mol. The highest BCUT2D eigenvalue weighted by atomic mass is 16.6. The van der Waals surface area contributed by atoms with E-state index in [1.807, 2.05) is 23.0 Å². The van der Waals surface area contributed by atoms with Crippen molar-refractivity contribution in [3.8, 4) is 5.69 Å². The van der Waals surface area contributed by atoms with Crippen LogP contribution in [0.1, 0.15) is 25.3 Å². The number of nitrogens with one attached hydrogen (secondary N) is 1. The summed E-state index contributed by atoms with van der Waals surface area (Å²) in [7, 11) is 0. The summed E-state index contributed by atoms with van der Waals surface area (Å²) < 4.78 is 14.2. The predicted octanol–water partition coefficient (Wildman–Crippen LogP) is 1.76. The van der Waals surface area contributed by atoms with E-state index in [0.717, 1.165) is 38.2 Å². The predicted molar refractivity (Wildman–Crippen MR) is 105 cm³/mol. The Morgan fingerprint density at radius 3 is 3.07 bits per heavy atom. The summed E-state index contributed by atoms with van der Waals surface area (Å²) in [6.45, 7) is 5.94. The number of aromatic nitrogens is 2. The molecule has 1 aromatic heterocycles. The third kappa shape index (κ3) is 4.43. The average Bonchev–Trinajstić information content (AvgIpc) is 3.30. The summed E-state index contributed by atoms with van der Waals surface area (Å²) in [5.74, 6) is -0.0153. The first-order valence-corrected chi connectivity index (χ1v) is 9.94. The fourth-order valence-corrected chi connectivity index (χ4v) is 4.16. The molecule has 2 aromatic rings. The van der Waals surface area contributed by atoms with Gasteiger partial charge in [-0.1, -0.05) is 18.2 Å². The summed E-state index contributed by atoms with van der Waals surface area (Å²) in [6.07, 6.45) is 5.73. The minimum Gasteiger partial charge on any atom is -0.377 e. The number of nitrogens with zero attached hydrogens (tertiary/aromatic N) is 3. The van der Waals surface area contributed by atoms with Gasteiger partial charge in [0.25, 0.3) is 0 Å². The van der Waals surface area contributed by atoms with Crippen LogP contribution in [0.5, 0.6) is 0 Å². The number of amides is 1. The molecule has 4 rings (SSSR count). The van der Waals surface area contributed by atoms with Gasteiger partial charge in [0.05, 0.1) is 25.0 Å². The molecule has 2 fully saturated rings. The summed E-state index contributed by atoms with van der Waals surface area (Å²) in [5.41, 5.74) is 2.04. The Balaban J connectivity index is 1.46. The van der Waals surface area contributed by atoms with Crippen LogP contribution in [0, 0.1) is 0 Å². The van der Waals surface area contributed by atoms with Gasteiger partial charge in [-0.05, 0) is 30.5 Å². The number of benzene rings is 1. The highest BCUT2D eigenvalue weighted by molar-refractivity contribution is 5.72. The van der Waals surface area contributed by atoms with Gasteiger partial charge in [0.15, 0.2) is 0 Å². The van der Waals surface area contributed by atoms with E-state index in [2.05, 4.69) is 33.5 Å². The van der Waals surface area contributed by atoms with Crippen molar-refractivity contribution in [2.45, 2.75) is 38.0 Å². The lowest BCUT2D eigenvalue weighted by Gasteiger charge is -2.32. The SMILES string of the molecule is CC(=O)NC[C@@H]1CC[C@]2(COCCN(Cc3ccccc3-n3cccn3)C2)O1. The molecule has 7 nitrogen and oxygen atoms in total. The zero-order valence-electron chi connectivity index (χ0n) is 16.3. The van der Waals surface area contributed by atoms with E-state index in [1.54, 1.807) is 6.20 Å². The molecule has 0 radical (unpaired) electrons. The Labute approximate surface area is 165 Å². The minimum atomic E-state index is -0.291. The highest BCUT2D eigenvalue weighted by Gasteiger charge is 2.43. The van der Waals surface area contributed by atoms with Crippen molar-refractivity contribution in [2.24, 2.45) is 0 Å². The van der Waals surface area contributed by atoms with Crippen LogP contribution in [-0.4, -0.2) is 65.1 Å². The summed E-state index contributed by atoms with van der Waals surface area (Å²) in [6, 6.07) is 10.3. The van der Waals surface area contributed by atoms with Gasteiger partial charge in [-0.2, -0.15) is 5.10 Å². The average molecular weight is 384 g/mol. The fraction of sp³-hybridized carbons (Fsp3) is 0.524. The van der Waals surface area contributed by atoms with Crippen molar-refractivity contribution in [1.29, 1.82) is 0 Å². The van der Waals surface area contributed by atoms with Gasteiger partial charge < -0.3 is 14.8 Å². The molecule has 2 saturated heterocycles. The zero-order valence-corrected chi connectivity index (χ0v) is 16.3. The van der Waals surface area contributed by atoms with E-state index in [9.17, 15) is 4.79 Å². The second-order valence-electron chi connectivity index (χ2n) is 7.74. The van der Waals surface area contributed by atoms with Gasteiger partial charge >= 0.3 is 0 Å². The number of ether oxygens (including phenoxy) is 2. The van der Waals surface area contributed by atoms with E-state index in [-0.39, 0.29) is 17.6 Å². The van der Waals surface area contributed by atoms with Gasteiger partial charge in [-0.25, -0.2) is 4.68 Å². The first kappa shape index (κ1) is 19.1. The Morgan fingerprint density at radius 1 is 1.36 bits per heavy atom. The lowest BCUT2D eigenvalue weighted by atomic mass is 9.99. The maximum Gasteiger partial charge on any atom is 0.216 e. The van der Waals surface area contributed by atoms with Crippen LogP contribution in [0.3, 0.4) is 0 Å². The van der Waals surface area contributed by atoms with Crippen LogP contribution in [0.25, 0.3) is 5.69 Å². The first-order chi connectivity index (χ1) is 13.6. The number of hydrogen-bond acceptors (Lipinski definition) is 5. The van der Waals surface area contributed by atoms with Gasteiger partial charge in [-0.15, -0.1) is 0 Å². The quantitative estimate of drug-likeness (QED) is 0.851. The highest BCUT2D eigenvalue weighted by Crippen LogP contribution is 2.33. The van der Waals surface area contributed by atoms with Crippen molar-refractivity contribution in [2.75, 3.05) is 32.8 Å². The first-order valence-electron chi connectivity index (χ1n) is 9.94. The van der Waals surface area contributed by atoms with Crippen molar-refractivity contribution in [3.05, 3.63) is 48.3 Å². The van der Waals surface area contributed by atoms with E-state index in [0.29, 0.717) is 19.8 Å². The Morgan fingerprint density at radius 2 is 2.25 bits per heavy atom. The van der Waals surface area contributed by atoms with Crippen LogP contribution < -0.4 is 5.32 Å². The Kier molecular flexibility index (Phi) is 5.75. The minimum absolute atomic E-state index is 0.0153. The van der Waals surface area contributed by atoms with Crippen LogP contribution >= 0.6 is 0 Å². The monoisotopic (exact) mass is 384 g/mol. The molecule has 2 atom stereocenters. The molecule has 0 unspecified atom stereocenters. The second kappa shape index (κ2) is 8.43. The van der Waals surface area contributed by atoms with Crippen LogP contribution in [0.15, 0.2) is 42.7 Å². The van der Waals surface area contributed by atoms with Gasteiger partial charge in [0.2, 0.25) is 5.91 Å². The molecule has 7 heteroatoms. The summed E-state index contributed by atoms with van der Waals surface area (Å²) >= 11 is 0. The normalized spacial score (nSPS) is 25.7. The molecule has 0 aliphatic carbocycles. The molecule has 0 saturated carbocycles. The molecule has 0 bridgehead atoms. The smallest absolute Gasteiger partial charge is 0.216 e. The van der Waals surface area contributed by atoms with E-state index < -0.39 is 0 Å². The van der Waals surface area contributed by atoms with Crippen LogP contribution in [-0.2, 0) is 20.8 Å². The molecule has 1 aromatic carbocycles. The number of carbonyl (C=O) groups excluding carboxylic acids is 1. The molecule has 2 aliphatic heterocycles. The molecule has 2 aliphatic rings. The summed E-state index contributed by atoms with van der Waals surface area (Å²) in [5, 5.41) is 7.26. The number of para-hydroxylation sites is 1. The molecule has 1 spiro atoms. The number of hydrogen-bond donors (Lipinski definition) is 1. The van der Waals surface area contributed by atoms with Crippen LogP contribution in [0.2, 0.25) is 0 Å². The lowest BCUT2D eigenvalue weighted by Crippen LogP contribution is -2.45. The van der Waals surface area contributed by atoms with Crippen LogP contribution in [0.4, 0.5) is 0 Å². The maximum atomic E-state index is 11.2. The molecule has 1 N–H and O–H groups in total. The topological polar surface area (TPSA) is 68.6 Å². The van der Waals surface area contributed by atoms with E-state index in [1.165, 1.54) is 12.5 Å². The van der Waals surface area contributed by atoms with Gasteiger partial charge in [0, 0.05) is 45.5 Å². The molecular formula is C21H28N4O3. The Bertz CT molecular complexity index is 795. The fourth-order valence-electron chi connectivity index (χ4n) is 4.16. The van der Waals surface area contributed by atoms with Crippen molar-refractivity contribution in [3.63, 3.8) is 0 Å². The molecule has 150 valence electrons. The third-order valence-electron chi connectivity index (χ3n) is 5.48. The zero-order chi connectivity index (χ0) is 19.4. The largest absolute Gasteiger partial charge is 0.377 e. The summed E-state index contributed by atoms with van der Waals surface area (Å²) in [4.78, 5) is 13.6. The van der Waals surface area contributed by atoms with Gasteiger partial charge in [-0.3, -0.25) is 9.69 Å².